The number of aromatic nitrogens is 2. The molecule has 14 heavy (non-hydrogen) atoms. The summed E-state index contributed by atoms with van der Waals surface area (Å²) in [5, 5.41) is 2.77. The van der Waals surface area contributed by atoms with Crippen molar-refractivity contribution >= 4 is 5.82 Å². The third kappa shape index (κ3) is 1.64. The van der Waals surface area contributed by atoms with Crippen LogP contribution in [-0.4, -0.2) is 9.97 Å². The van der Waals surface area contributed by atoms with Gasteiger partial charge in [-0.2, -0.15) is 0 Å². The standard InChI is InChI=1S/C10H7N3O/c14-13-10-6-3-5-9(12-10)8-4-1-2-7-11-8/h1-7H. The molecule has 0 bridgehead atoms. The predicted octanol–water partition coefficient (Wildman–Crippen LogP) is 2.54. The Morgan fingerprint density at radius 2 is 1.86 bits per heavy atom. The highest BCUT2D eigenvalue weighted by Crippen LogP contribution is 2.16. The molecule has 2 heterocycles. The summed E-state index contributed by atoms with van der Waals surface area (Å²) >= 11 is 0. The van der Waals surface area contributed by atoms with Crippen LogP contribution in [0.2, 0.25) is 0 Å². The first-order valence-electron chi connectivity index (χ1n) is 4.12. The normalized spacial score (nSPS) is 9.71. The Morgan fingerprint density at radius 1 is 1.00 bits per heavy atom. The first-order valence-corrected chi connectivity index (χ1v) is 4.12. The van der Waals surface area contributed by atoms with Crippen molar-refractivity contribution in [2.24, 2.45) is 5.18 Å². The second kappa shape index (κ2) is 3.74. The van der Waals surface area contributed by atoms with Gasteiger partial charge in [-0.25, -0.2) is 4.98 Å². The van der Waals surface area contributed by atoms with E-state index >= 15 is 0 Å². The molecule has 0 aliphatic carbocycles. The Kier molecular flexibility index (Phi) is 2.27. The van der Waals surface area contributed by atoms with Crippen molar-refractivity contribution in [1.82, 2.24) is 9.97 Å². The third-order valence-electron chi connectivity index (χ3n) is 1.76. The van der Waals surface area contributed by atoms with E-state index in [1.807, 2.05) is 18.2 Å². The highest BCUT2D eigenvalue weighted by Gasteiger charge is 2.00. The third-order valence-corrected chi connectivity index (χ3v) is 1.76. The Morgan fingerprint density at radius 3 is 2.57 bits per heavy atom. The fourth-order valence-electron chi connectivity index (χ4n) is 1.13. The molecule has 0 spiro atoms. The lowest BCUT2D eigenvalue weighted by atomic mass is 10.2. The van der Waals surface area contributed by atoms with E-state index in [0.717, 1.165) is 5.69 Å². The topological polar surface area (TPSA) is 55.2 Å². The van der Waals surface area contributed by atoms with Gasteiger partial charge in [-0.1, -0.05) is 12.1 Å². The van der Waals surface area contributed by atoms with Crippen molar-refractivity contribution in [3.8, 4) is 11.4 Å². The molecule has 0 atom stereocenters. The average Bonchev–Trinajstić information content (AvgIpc) is 2.30. The van der Waals surface area contributed by atoms with Crippen LogP contribution in [0.5, 0.6) is 0 Å². The summed E-state index contributed by atoms with van der Waals surface area (Å²) in [4.78, 5) is 18.4. The molecule has 0 aliphatic heterocycles. The van der Waals surface area contributed by atoms with Crippen LogP contribution in [0.25, 0.3) is 11.4 Å². The average molecular weight is 185 g/mol. The maximum absolute atomic E-state index is 10.3. The highest BCUT2D eigenvalue weighted by atomic mass is 16.3. The van der Waals surface area contributed by atoms with Crippen molar-refractivity contribution in [3.05, 3.63) is 47.5 Å². The van der Waals surface area contributed by atoms with E-state index in [4.69, 9.17) is 0 Å². The summed E-state index contributed by atoms with van der Waals surface area (Å²) in [6.07, 6.45) is 1.68. The van der Waals surface area contributed by atoms with Gasteiger partial charge in [0.05, 0.1) is 11.4 Å². The van der Waals surface area contributed by atoms with Crippen molar-refractivity contribution in [2.75, 3.05) is 0 Å². The molecule has 0 radical (unpaired) electrons. The number of rotatable bonds is 2. The number of pyridine rings is 2. The zero-order valence-corrected chi connectivity index (χ0v) is 7.29. The molecule has 4 nitrogen and oxygen atoms in total. The van der Waals surface area contributed by atoms with Crippen LogP contribution in [0.4, 0.5) is 5.82 Å². The van der Waals surface area contributed by atoms with Gasteiger partial charge < -0.3 is 0 Å². The Labute approximate surface area is 80.6 Å². The van der Waals surface area contributed by atoms with E-state index in [2.05, 4.69) is 15.1 Å². The molecule has 4 heteroatoms. The van der Waals surface area contributed by atoms with Crippen LogP contribution in [0.1, 0.15) is 0 Å². The zero-order chi connectivity index (χ0) is 9.80. The van der Waals surface area contributed by atoms with Gasteiger partial charge in [-0.3, -0.25) is 4.98 Å². The molecule has 0 unspecified atom stereocenters. The van der Waals surface area contributed by atoms with Crippen molar-refractivity contribution < 1.29 is 0 Å². The van der Waals surface area contributed by atoms with Crippen LogP contribution in [0, 0.1) is 4.91 Å². The van der Waals surface area contributed by atoms with E-state index in [1.54, 1.807) is 24.4 Å². The summed E-state index contributed by atoms with van der Waals surface area (Å²) in [7, 11) is 0. The van der Waals surface area contributed by atoms with Gasteiger partial charge in [0, 0.05) is 6.20 Å². The number of nitroso groups, excluding NO2 is 1. The van der Waals surface area contributed by atoms with E-state index in [9.17, 15) is 4.91 Å². The van der Waals surface area contributed by atoms with E-state index < -0.39 is 0 Å². The molecule has 2 aromatic rings. The zero-order valence-electron chi connectivity index (χ0n) is 7.29. The molecular formula is C10H7N3O. The Balaban J connectivity index is 2.47. The first-order chi connectivity index (χ1) is 6.90. The lowest BCUT2D eigenvalue weighted by molar-refractivity contribution is 1.22. The van der Waals surface area contributed by atoms with Crippen LogP contribution in [-0.2, 0) is 0 Å². The van der Waals surface area contributed by atoms with E-state index in [-0.39, 0.29) is 5.82 Å². The van der Waals surface area contributed by atoms with Gasteiger partial charge in [0.1, 0.15) is 0 Å². The van der Waals surface area contributed by atoms with Gasteiger partial charge in [-0.05, 0) is 29.4 Å². The summed E-state index contributed by atoms with van der Waals surface area (Å²) in [5.41, 5.74) is 1.39. The fourth-order valence-corrected chi connectivity index (χ4v) is 1.13. The molecule has 0 N–H and O–H groups in total. The summed E-state index contributed by atoms with van der Waals surface area (Å²) in [5.74, 6) is 0.174. The largest absolute Gasteiger partial charge is 0.255 e. The fraction of sp³-hybridized carbons (Fsp3) is 0. The quantitative estimate of drug-likeness (QED) is 0.675. The van der Waals surface area contributed by atoms with E-state index in [0.29, 0.717) is 5.69 Å². The van der Waals surface area contributed by atoms with Crippen molar-refractivity contribution in [1.29, 1.82) is 0 Å². The van der Waals surface area contributed by atoms with Gasteiger partial charge in [0.15, 0.2) is 5.82 Å². The number of hydrogen-bond acceptors (Lipinski definition) is 4. The molecule has 2 aromatic heterocycles. The van der Waals surface area contributed by atoms with Crippen LogP contribution in [0.15, 0.2) is 47.8 Å². The molecule has 68 valence electrons. The lowest BCUT2D eigenvalue weighted by Crippen LogP contribution is -1.85. The Bertz CT molecular complexity index is 442. The summed E-state index contributed by atoms with van der Waals surface area (Å²) < 4.78 is 0. The van der Waals surface area contributed by atoms with Gasteiger partial charge in [-0.15, -0.1) is 4.91 Å². The highest BCUT2D eigenvalue weighted by molar-refractivity contribution is 5.55. The maximum Gasteiger partial charge on any atom is 0.197 e. The van der Waals surface area contributed by atoms with Crippen LogP contribution < -0.4 is 0 Å². The molecule has 0 aliphatic rings. The summed E-state index contributed by atoms with van der Waals surface area (Å²) in [6, 6.07) is 10.6. The smallest absolute Gasteiger partial charge is 0.197 e. The molecule has 0 saturated carbocycles. The monoisotopic (exact) mass is 185 g/mol. The van der Waals surface area contributed by atoms with Gasteiger partial charge >= 0.3 is 0 Å². The number of nitrogens with zero attached hydrogens (tertiary/aromatic N) is 3. The maximum atomic E-state index is 10.3. The minimum Gasteiger partial charge on any atom is -0.255 e. The first kappa shape index (κ1) is 8.50. The van der Waals surface area contributed by atoms with Crippen molar-refractivity contribution in [3.63, 3.8) is 0 Å². The molecule has 0 aromatic carbocycles. The minimum absolute atomic E-state index is 0.174. The minimum atomic E-state index is 0.174. The van der Waals surface area contributed by atoms with Crippen LogP contribution >= 0.6 is 0 Å². The van der Waals surface area contributed by atoms with E-state index in [1.165, 1.54) is 0 Å². The molecular weight excluding hydrogens is 178 g/mol. The molecule has 0 amide bonds. The molecule has 2 rings (SSSR count). The van der Waals surface area contributed by atoms with Crippen molar-refractivity contribution in [2.45, 2.75) is 0 Å². The SMILES string of the molecule is O=Nc1cccc(-c2ccccn2)n1. The summed E-state index contributed by atoms with van der Waals surface area (Å²) in [6.45, 7) is 0. The van der Waals surface area contributed by atoms with Gasteiger partial charge in [0.25, 0.3) is 0 Å². The number of hydrogen-bond donors (Lipinski definition) is 0. The molecule has 0 saturated heterocycles. The second-order valence-electron chi connectivity index (χ2n) is 2.69. The second-order valence-corrected chi connectivity index (χ2v) is 2.69. The Hall–Kier alpha value is -2.10. The lowest BCUT2D eigenvalue weighted by Gasteiger charge is -1.98. The van der Waals surface area contributed by atoms with Crippen LogP contribution in [0.3, 0.4) is 0 Å². The predicted molar refractivity (Wildman–Crippen MR) is 52.9 cm³/mol. The van der Waals surface area contributed by atoms with Gasteiger partial charge in [0.2, 0.25) is 0 Å². The molecule has 0 fully saturated rings.